The Hall–Kier alpha value is -0.570. The molecule has 1 aliphatic rings. The van der Waals surface area contributed by atoms with E-state index in [4.69, 9.17) is 0 Å². The summed E-state index contributed by atoms with van der Waals surface area (Å²) in [6, 6.07) is 1.77. The van der Waals surface area contributed by atoms with Gasteiger partial charge in [0.1, 0.15) is 0 Å². The van der Waals surface area contributed by atoms with E-state index >= 15 is 0 Å². The number of thioether (sulfide) groups is 1. The standard InChI is InChI=1S/C8H9NO4S3/c10-7-5-15-8(9-7,16(11,12)13)3-6-1-2-14-4-6/h1-2,4H,3,5H2,(H,9,10)(H,11,12,13). The summed E-state index contributed by atoms with van der Waals surface area (Å²) >= 11 is 2.34. The van der Waals surface area contributed by atoms with Gasteiger partial charge in [0.25, 0.3) is 10.1 Å². The molecule has 1 aromatic rings. The predicted octanol–water partition coefficient (Wildman–Crippen LogP) is 0.695. The molecule has 1 fully saturated rings. The highest BCUT2D eigenvalue weighted by Gasteiger charge is 2.49. The zero-order chi connectivity index (χ0) is 11.8. The van der Waals surface area contributed by atoms with Gasteiger partial charge >= 0.3 is 0 Å². The fourth-order valence-electron chi connectivity index (χ4n) is 1.45. The van der Waals surface area contributed by atoms with Gasteiger partial charge in [-0.25, -0.2) is 0 Å². The highest BCUT2D eigenvalue weighted by molar-refractivity contribution is 8.13. The van der Waals surface area contributed by atoms with Crippen molar-refractivity contribution in [1.29, 1.82) is 0 Å². The summed E-state index contributed by atoms with van der Waals surface area (Å²) in [7, 11) is -4.34. The normalized spacial score (nSPS) is 25.7. The van der Waals surface area contributed by atoms with Gasteiger partial charge in [-0.05, 0) is 22.4 Å². The van der Waals surface area contributed by atoms with Crippen LogP contribution < -0.4 is 5.32 Å². The molecule has 1 saturated heterocycles. The Morgan fingerprint density at radius 3 is 2.75 bits per heavy atom. The van der Waals surface area contributed by atoms with Crippen LogP contribution in [-0.2, 0) is 21.3 Å². The number of hydrogen-bond donors (Lipinski definition) is 2. The highest BCUT2D eigenvalue weighted by Crippen LogP contribution is 2.36. The lowest BCUT2D eigenvalue weighted by Gasteiger charge is -2.23. The second-order valence-corrected chi connectivity index (χ2v) is 7.33. The fourth-order valence-corrected chi connectivity index (χ4v) is 4.38. The quantitative estimate of drug-likeness (QED) is 0.796. The van der Waals surface area contributed by atoms with Crippen LogP contribution >= 0.6 is 23.1 Å². The summed E-state index contributed by atoms with van der Waals surface area (Å²) < 4.78 is 30.3. The van der Waals surface area contributed by atoms with Crippen molar-refractivity contribution in [1.82, 2.24) is 5.32 Å². The molecule has 5 nitrogen and oxygen atoms in total. The molecule has 2 heterocycles. The molecular formula is C8H9NO4S3. The van der Waals surface area contributed by atoms with Crippen LogP contribution in [0.5, 0.6) is 0 Å². The van der Waals surface area contributed by atoms with Gasteiger partial charge < -0.3 is 5.32 Å². The Morgan fingerprint density at radius 1 is 1.56 bits per heavy atom. The van der Waals surface area contributed by atoms with Crippen LogP contribution in [0.15, 0.2) is 16.8 Å². The molecule has 2 N–H and O–H groups in total. The summed E-state index contributed by atoms with van der Waals surface area (Å²) in [6.07, 6.45) is 0.0751. The Morgan fingerprint density at radius 2 is 2.31 bits per heavy atom. The van der Waals surface area contributed by atoms with E-state index in [2.05, 4.69) is 5.32 Å². The lowest BCUT2D eigenvalue weighted by molar-refractivity contribution is -0.118. The van der Waals surface area contributed by atoms with Crippen molar-refractivity contribution in [2.45, 2.75) is 10.6 Å². The maximum absolute atomic E-state index is 11.4. The van der Waals surface area contributed by atoms with Crippen molar-refractivity contribution in [3.05, 3.63) is 22.4 Å². The van der Waals surface area contributed by atoms with E-state index in [1.165, 1.54) is 11.3 Å². The average molecular weight is 279 g/mol. The average Bonchev–Trinajstić information content (AvgIpc) is 2.75. The first-order valence-electron chi connectivity index (χ1n) is 4.36. The number of carbonyl (C=O) groups excluding carboxylic acids is 1. The molecule has 1 aliphatic heterocycles. The van der Waals surface area contributed by atoms with Crippen LogP contribution in [0.25, 0.3) is 0 Å². The Balaban J connectivity index is 2.33. The topological polar surface area (TPSA) is 83.5 Å². The molecule has 1 aromatic heterocycles. The minimum Gasteiger partial charge on any atom is -0.326 e. The van der Waals surface area contributed by atoms with Crippen molar-refractivity contribution in [3.8, 4) is 0 Å². The SMILES string of the molecule is O=C1CSC(Cc2ccsc2)(S(=O)(=O)O)N1. The Bertz CT molecular complexity index is 495. The first-order chi connectivity index (χ1) is 7.43. The Labute approximate surface area is 101 Å². The number of rotatable bonds is 3. The Kier molecular flexibility index (Phi) is 2.99. The molecule has 2 rings (SSSR count). The smallest absolute Gasteiger partial charge is 0.299 e. The molecule has 0 aliphatic carbocycles. The maximum Gasteiger partial charge on any atom is 0.299 e. The van der Waals surface area contributed by atoms with Gasteiger partial charge in [0, 0.05) is 6.42 Å². The van der Waals surface area contributed by atoms with Crippen molar-refractivity contribution in [3.63, 3.8) is 0 Å². The van der Waals surface area contributed by atoms with Crippen LogP contribution in [0.1, 0.15) is 5.56 Å². The van der Waals surface area contributed by atoms with Gasteiger partial charge in [-0.2, -0.15) is 19.8 Å². The fraction of sp³-hybridized carbons (Fsp3) is 0.375. The van der Waals surface area contributed by atoms with Crippen LogP contribution in [0.3, 0.4) is 0 Å². The van der Waals surface area contributed by atoms with Crippen LogP contribution in [-0.4, -0.2) is 28.8 Å². The zero-order valence-corrected chi connectivity index (χ0v) is 10.5. The molecule has 0 radical (unpaired) electrons. The molecule has 0 aromatic carbocycles. The van der Waals surface area contributed by atoms with Gasteiger partial charge in [-0.3, -0.25) is 9.35 Å². The molecular weight excluding hydrogens is 270 g/mol. The lowest BCUT2D eigenvalue weighted by Crippen LogP contribution is -2.48. The van der Waals surface area contributed by atoms with E-state index in [0.717, 1.165) is 17.3 Å². The second kappa shape index (κ2) is 4.02. The maximum atomic E-state index is 11.4. The molecule has 1 atom stereocenters. The van der Waals surface area contributed by atoms with E-state index in [0.29, 0.717) is 0 Å². The summed E-state index contributed by atoms with van der Waals surface area (Å²) in [5, 5.41) is 5.94. The van der Waals surface area contributed by atoms with Crippen LogP contribution in [0, 0.1) is 0 Å². The van der Waals surface area contributed by atoms with Gasteiger partial charge in [0.2, 0.25) is 10.1 Å². The summed E-state index contributed by atoms with van der Waals surface area (Å²) in [4.78, 5) is 11.1. The molecule has 1 amide bonds. The number of carbonyl (C=O) groups is 1. The molecule has 0 saturated carbocycles. The largest absolute Gasteiger partial charge is 0.326 e. The molecule has 1 unspecified atom stereocenters. The van der Waals surface area contributed by atoms with E-state index in [1.807, 2.05) is 5.38 Å². The lowest BCUT2D eigenvalue weighted by atomic mass is 10.2. The van der Waals surface area contributed by atoms with Crippen molar-refractivity contribution in [2.75, 3.05) is 5.75 Å². The van der Waals surface area contributed by atoms with E-state index < -0.39 is 14.3 Å². The second-order valence-electron chi connectivity index (χ2n) is 3.37. The number of nitrogens with one attached hydrogen (secondary N) is 1. The summed E-state index contributed by atoms with van der Waals surface area (Å²) in [5.41, 5.74) is 0.775. The molecule has 0 bridgehead atoms. The zero-order valence-electron chi connectivity index (χ0n) is 8.04. The third-order valence-corrected chi connectivity index (χ3v) is 6.12. The molecule has 8 heteroatoms. The number of thiophene rings is 1. The van der Waals surface area contributed by atoms with E-state index in [9.17, 15) is 17.8 Å². The highest BCUT2D eigenvalue weighted by atomic mass is 32.3. The summed E-state index contributed by atoms with van der Waals surface area (Å²) in [6.45, 7) is 0. The minimum atomic E-state index is -4.34. The minimum absolute atomic E-state index is 0.0456. The third kappa shape index (κ3) is 2.10. The molecule has 0 spiro atoms. The van der Waals surface area contributed by atoms with Gasteiger partial charge in [0.15, 0.2) is 0 Å². The van der Waals surface area contributed by atoms with Gasteiger partial charge in [-0.15, -0.1) is 11.8 Å². The first-order valence-corrected chi connectivity index (χ1v) is 7.73. The predicted molar refractivity (Wildman–Crippen MR) is 62.9 cm³/mol. The van der Waals surface area contributed by atoms with E-state index in [1.54, 1.807) is 11.4 Å². The third-order valence-electron chi connectivity index (χ3n) is 2.20. The van der Waals surface area contributed by atoms with Crippen LogP contribution in [0.2, 0.25) is 0 Å². The van der Waals surface area contributed by atoms with Gasteiger partial charge in [0.05, 0.1) is 5.75 Å². The van der Waals surface area contributed by atoms with Crippen molar-refractivity contribution < 1.29 is 17.8 Å². The monoisotopic (exact) mass is 279 g/mol. The van der Waals surface area contributed by atoms with Crippen LogP contribution in [0.4, 0.5) is 0 Å². The van der Waals surface area contributed by atoms with Gasteiger partial charge in [-0.1, -0.05) is 0 Å². The number of hydrogen-bond acceptors (Lipinski definition) is 5. The van der Waals surface area contributed by atoms with E-state index in [-0.39, 0.29) is 18.1 Å². The molecule has 88 valence electrons. The van der Waals surface area contributed by atoms with Crippen molar-refractivity contribution in [2.24, 2.45) is 0 Å². The first kappa shape index (κ1) is 11.9. The number of amides is 1. The molecule has 16 heavy (non-hydrogen) atoms. The summed E-state index contributed by atoms with van der Waals surface area (Å²) in [5.74, 6) is -0.331. The van der Waals surface area contributed by atoms with Crippen molar-refractivity contribution >= 4 is 39.1 Å².